The van der Waals surface area contributed by atoms with E-state index in [0.717, 1.165) is 0 Å². The molecule has 0 amide bonds. The van der Waals surface area contributed by atoms with Gasteiger partial charge in [0.15, 0.2) is 0 Å². The summed E-state index contributed by atoms with van der Waals surface area (Å²) in [7, 11) is 1.51. The second kappa shape index (κ2) is 8.88. The standard InChI is InChI=1S/C21H21FO3P.CH4/c1-23-16-4-10-19(11-5-16)26(22,20-12-6-17(24-2)7-13-20)21-14-8-18(25-3)9-15-21;/h4-15H,1-3H3;1H4/q+1;. The molecule has 0 heterocycles. The van der Waals surface area contributed by atoms with Crippen molar-refractivity contribution < 1.29 is 18.4 Å². The van der Waals surface area contributed by atoms with E-state index in [0.29, 0.717) is 33.2 Å². The molecule has 0 aliphatic rings. The average Bonchev–Trinajstić information content (AvgIpc) is 2.73. The van der Waals surface area contributed by atoms with Crippen LogP contribution in [-0.2, 0) is 0 Å². The molecule has 5 heteroatoms. The molecule has 0 N–H and O–H groups in total. The Labute approximate surface area is 161 Å². The van der Waals surface area contributed by atoms with Crippen molar-refractivity contribution in [2.24, 2.45) is 0 Å². The third kappa shape index (κ3) is 4.06. The summed E-state index contributed by atoms with van der Waals surface area (Å²) in [6.07, 6.45) is 0. The SMILES string of the molecule is C.COc1ccc([P+](F)(c2ccc(OC)cc2)c2ccc(OC)cc2)cc1. The molecule has 0 aromatic heterocycles. The summed E-state index contributed by atoms with van der Waals surface area (Å²) in [5, 5.41) is 1.90. The zero-order valence-corrected chi connectivity index (χ0v) is 15.9. The third-order valence-electron chi connectivity index (χ3n) is 4.28. The van der Waals surface area contributed by atoms with Crippen LogP contribution >= 0.6 is 7.57 Å². The fourth-order valence-corrected chi connectivity index (χ4v) is 5.38. The van der Waals surface area contributed by atoms with Crippen molar-refractivity contribution in [1.82, 2.24) is 0 Å². The fourth-order valence-electron chi connectivity index (χ4n) is 2.81. The van der Waals surface area contributed by atoms with Crippen LogP contribution in [0, 0.1) is 0 Å². The highest BCUT2D eigenvalue weighted by atomic mass is 31.2. The first-order valence-corrected chi connectivity index (χ1v) is 9.82. The molecule has 0 fully saturated rings. The Balaban J connectivity index is 0.00000261. The van der Waals surface area contributed by atoms with Crippen molar-refractivity contribution in [2.75, 3.05) is 21.3 Å². The van der Waals surface area contributed by atoms with Crippen LogP contribution in [0.1, 0.15) is 7.43 Å². The lowest BCUT2D eigenvalue weighted by Gasteiger charge is -2.17. The lowest BCUT2D eigenvalue weighted by molar-refractivity contribution is 0.415. The van der Waals surface area contributed by atoms with Crippen LogP contribution in [0.15, 0.2) is 72.8 Å². The molecular weight excluding hydrogens is 362 g/mol. The molecule has 3 aromatic rings. The molecule has 0 aliphatic heterocycles. The maximum atomic E-state index is 16.7. The highest BCUT2D eigenvalue weighted by molar-refractivity contribution is 7.91. The number of halogens is 1. The summed E-state index contributed by atoms with van der Waals surface area (Å²) in [6, 6.07) is 21.5. The van der Waals surface area contributed by atoms with Gasteiger partial charge in [0, 0.05) is 0 Å². The van der Waals surface area contributed by atoms with Gasteiger partial charge in [0.05, 0.1) is 21.3 Å². The number of methoxy groups -OCH3 is 3. The topological polar surface area (TPSA) is 27.7 Å². The van der Waals surface area contributed by atoms with E-state index in [1.165, 1.54) is 0 Å². The molecule has 3 rings (SSSR count). The van der Waals surface area contributed by atoms with Gasteiger partial charge in [-0.15, -0.1) is 0 Å². The summed E-state index contributed by atoms with van der Waals surface area (Å²) < 4.78 is 32.3. The van der Waals surface area contributed by atoms with Crippen molar-refractivity contribution in [3.63, 3.8) is 0 Å². The molecule has 27 heavy (non-hydrogen) atoms. The van der Waals surface area contributed by atoms with Crippen LogP contribution in [0.2, 0.25) is 0 Å². The molecule has 0 saturated heterocycles. The highest BCUT2D eigenvalue weighted by Gasteiger charge is 2.48. The molecule has 0 unspecified atom stereocenters. The lowest BCUT2D eigenvalue weighted by Crippen LogP contribution is -2.27. The Kier molecular flexibility index (Phi) is 6.81. The summed E-state index contributed by atoms with van der Waals surface area (Å²) >= 11 is 0. The second-order valence-electron chi connectivity index (χ2n) is 5.68. The van der Waals surface area contributed by atoms with E-state index in [-0.39, 0.29) is 7.43 Å². The quantitative estimate of drug-likeness (QED) is 0.582. The van der Waals surface area contributed by atoms with Gasteiger partial charge < -0.3 is 14.2 Å². The zero-order valence-electron chi connectivity index (χ0n) is 15.0. The first-order valence-electron chi connectivity index (χ1n) is 8.14. The first-order chi connectivity index (χ1) is 12.6. The zero-order chi connectivity index (χ0) is 18.6. The molecule has 3 aromatic carbocycles. The number of hydrogen-bond donors (Lipinski definition) is 0. The van der Waals surface area contributed by atoms with Gasteiger partial charge in [-0.3, -0.25) is 0 Å². The third-order valence-corrected chi connectivity index (χ3v) is 7.31. The maximum absolute atomic E-state index is 16.7. The molecule has 142 valence electrons. The summed E-state index contributed by atoms with van der Waals surface area (Å²) in [5.41, 5.74) is 0. The van der Waals surface area contributed by atoms with Gasteiger partial charge in [0.1, 0.15) is 33.2 Å². The molecule has 0 atom stereocenters. The van der Waals surface area contributed by atoms with Gasteiger partial charge in [-0.25, -0.2) is 0 Å². The van der Waals surface area contributed by atoms with Gasteiger partial charge in [0.2, 0.25) is 0 Å². The van der Waals surface area contributed by atoms with E-state index in [4.69, 9.17) is 14.2 Å². The van der Waals surface area contributed by atoms with Crippen molar-refractivity contribution >= 4 is 23.5 Å². The van der Waals surface area contributed by atoms with Crippen molar-refractivity contribution in [3.05, 3.63) is 72.8 Å². The molecule has 0 saturated carbocycles. The fraction of sp³-hybridized carbons (Fsp3) is 0.182. The lowest BCUT2D eigenvalue weighted by atomic mass is 10.3. The van der Waals surface area contributed by atoms with E-state index >= 15 is 4.20 Å². The molecule has 3 nitrogen and oxygen atoms in total. The molecule has 0 bridgehead atoms. The van der Waals surface area contributed by atoms with Gasteiger partial charge in [0.25, 0.3) is 7.57 Å². The Hall–Kier alpha value is -2.58. The number of benzene rings is 3. The molecule has 0 spiro atoms. The predicted octanol–water partition coefficient (Wildman–Crippen LogP) is 4.53. The Bertz CT molecular complexity index is 731. The van der Waals surface area contributed by atoms with Crippen molar-refractivity contribution in [2.45, 2.75) is 7.43 Å². The summed E-state index contributed by atoms with van der Waals surface area (Å²) in [4.78, 5) is 0. The minimum Gasteiger partial charge on any atom is -0.497 e. The Morgan fingerprint density at radius 3 is 0.926 bits per heavy atom. The van der Waals surface area contributed by atoms with Gasteiger partial charge in [-0.2, -0.15) is 0 Å². The first kappa shape index (κ1) is 20.7. The van der Waals surface area contributed by atoms with E-state index in [2.05, 4.69) is 0 Å². The highest BCUT2D eigenvalue weighted by Crippen LogP contribution is 2.57. The monoisotopic (exact) mass is 387 g/mol. The second-order valence-corrected chi connectivity index (χ2v) is 8.41. The summed E-state index contributed by atoms with van der Waals surface area (Å²) in [5.74, 6) is 2.10. The van der Waals surface area contributed by atoms with Crippen LogP contribution < -0.4 is 30.1 Å². The summed E-state index contributed by atoms with van der Waals surface area (Å²) in [6.45, 7) is 0. The van der Waals surface area contributed by atoms with Crippen LogP contribution in [-0.4, -0.2) is 21.3 Å². The minimum atomic E-state index is -3.28. The van der Waals surface area contributed by atoms with Crippen molar-refractivity contribution in [3.8, 4) is 17.2 Å². The van der Waals surface area contributed by atoms with Crippen LogP contribution in [0.5, 0.6) is 17.2 Å². The normalized spacial score (nSPS) is 10.7. The van der Waals surface area contributed by atoms with E-state index in [9.17, 15) is 0 Å². The van der Waals surface area contributed by atoms with E-state index in [1.807, 2.05) is 0 Å². The molecule has 0 radical (unpaired) electrons. The van der Waals surface area contributed by atoms with Crippen LogP contribution in [0.3, 0.4) is 0 Å². The number of ether oxygens (including phenoxy) is 3. The average molecular weight is 387 g/mol. The Morgan fingerprint density at radius 1 is 0.519 bits per heavy atom. The van der Waals surface area contributed by atoms with E-state index < -0.39 is 7.57 Å². The molecular formula is C22H25FO3P+. The number of hydrogen-bond acceptors (Lipinski definition) is 3. The van der Waals surface area contributed by atoms with Gasteiger partial charge >= 0.3 is 0 Å². The predicted molar refractivity (Wildman–Crippen MR) is 113 cm³/mol. The molecule has 0 aliphatic carbocycles. The Morgan fingerprint density at radius 2 is 0.741 bits per heavy atom. The van der Waals surface area contributed by atoms with Gasteiger partial charge in [-0.1, -0.05) is 7.43 Å². The van der Waals surface area contributed by atoms with Crippen LogP contribution in [0.25, 0.3) is 0 Å². The minimum absolute atomic E-state index is 0. The maximum Gasteiger partial charge on any atom is 0.298 e. The van der Waals surface area contributed by atoms with Gasteiger partial charge in [-0.05, 0) is 77.0 Å². The van der Waals surface area contributed by atoms with E-state index in [1.54, 1.807) is 94.1 Å². The number of rotatable bonds is 6. The largest absolute Gasteiger partial charge is 0.497 e. The van der Waals surface area contributed by atoms with Crippen molar-refractivity contribution in [1.29, 1.82) is 0 Å². The van der Waals surface area contributed by atoms with Crippen LogP contribution in [0.4, 0.5) is 4.20 Å². The smallest absolute Gasteiger partial charge is 0.298 e.